The number of hydrogen-bond donors (Lipinski definition) is 4. The third-order valence-corrected chi connectivity index (χ3v) is 6.62. The van der Waals surface area contributed by atoms with Crippen molar-refractivity contribution in [3.8, 4) is 0 Å². The first-order valence-corrected chi connectivity index (χ1v) is 13.0. The van der Waals surface area contributed by atoms with Crippen molar-refractivity contribution >= 4 is 63.1 Å². The van der Waals surface area contributed by atoms with Crippen molar-refractivity contribution in [1.82, 2.24) is 4.90 Å². The Morgan fingerprint density at radius 1 is 1.02 bits per heavy atom. The standard InChI is InChI=1S/C27H24F3IN4O5/c1-15(36)40-11-23(37)33-18-4-2-3-17(10-18)32-12-27(39)13-35(14-27)26(38)19-6-7-20(28)24(30)25(19)34-22-8-5-16(31)9-21(22)29/h2-10,32,34,39H,11-14H2,1H3,(H,33,37). The number of halogens is 4. The molecule has 1 saturated heterocycles. The van der Waals surface area contributed by atoms with Gasteiger partial charge in [-0.2, -0.15) is 0 Å². The van der Waals surface area contributed by atoms with Crippen molar-refractivity contribution in [2.75, 3.05) is 42.2 Å². The summed E-state index contributed by atoms with van der Waals surface area (Å²) in [5.74, 6) is -5.01. The minimum absolute atomic E-state index is 0.0401. The molecule has 0 spiro atoms. The second-order valence-electron chi connectivity index (χ2n) is 9.18. The number of ether oxygens (including phenoxy) is 1. The van der Waals surface area contributed by atoms with E-state index < -0.39 is 53.1 Å². The Morgan fingerprint density at radius 3 is 2.45 bits per heavy atom. The molecule has 1 aliphatic rings. The summed E-state index contributed by atoms with van der Waals surface area (Å²) in [6.07, 6.45) is 0. The molecular formula is C27H24F3IN4O5. The fourth-order valence-electron chi connectivity index (χ4n) is 4.00. The number of nitrogens with one attached hydrogen (secondary N) is 3. The fourth-order valence-corrected chi connectivity index (χ4v) is 4.46. The molecule has 9 nitrogen and oxygen atoms in total. The molecule has 1 heterocycles. The van der Waals surface area contributed by atoms with E-state index in [1.54, 1.807) is 30.3 Å². The van der Waals surface area contributed by atoms with E-state index in [-0.39, 0.29) is 30.9 Å². The van der Waals surface area contributed by atoms with E-state index in [0.29, 0.717) is 14.9 Å². The van der Waals surface area contributed by atoms with Crippen molar-refractivity contribution in [3.63, 3.8) is 0 Å². The lowest BCUT2D eigenvalue weighted by Gasteiger charge is -2.46. The van der Waals surface area contributed by atoms with Crippen LogP contribution < -0.4 is 16.0 Å². The summed E-state index contributed by atoms with van der Waals surface area (Å²) < 4.78 is 48.3. The first kappa shape index (κ1) is 29.1. The predicted molar refractivity (Wildman–Crippen MR) is 150 cm³/mol. The maximum absolute atomic E-state index is 14.7. The van der Waals surface area contributed by atoms with Crippen LogP contribution in [-0.4, -0.2) is 59.6 Å². The minimum atomic E-state index is -1.33. The van der Waals surface area contributed by atoms with Crippen LogP contribution >= 0.6 is 22.6 Å². The molecule has 0 saturated carbocycles. The highest BCUT2D eigenvalue weighted by Gasteiger charge is 2.44. The largest absolute Gasteiger partial charge is 0.456 e. The molecule has 13 heteroatoms. The van der Waals surface area contributed by atoms with E-state index >= 15 is 0 Å². The molecule has 0 radical (unpaired) electrons. The van der Waals surface area contributed by atoms with Crippen molar-refractivity contribution in [2.45, 2.75) is 12.5 Å². The lowest BCUT2D eigenvalue weighted by Crippen LogP contribution is -2.66. The van der Waals surface area contributed by atoms with Gasteiger partial charge in [0.2, 0.25) is 0 Å². The molecule has 4 N–H and O–H groups in total. The number of nitrogens with zero attached hydrogens (tertiary/aromatic N) is 1. The van der Waals surface area contributed by atoms with Gasteiger partial charge in [-0.05, 0) is 71.1 Å². The van der Waals surface area contributed by atoms with Crippen LogP contribution in [0.25, 0.3) is 0 Å². The van der Waals surface area contributed by atoms with Crippen LogP contribution in [-0.2, 0) is 14.3 Å². The molecule has 0 aliphatic carbocycles. The van der Waals surface area contributed by atoms with Crippen LogP contribution in [0, 0.1) is 21.0 Å². The van der Waals surface area contributed by atoms with Gasteiger partial charge in [-0.15, -0.1) is 0 Å². The van der Waals surface area contributed by atoms with Gasteiger partial charge in [0.15, 0.2) is 18.2 Å². The molecule has 3 aromatic carbocycles. The van der Waals surface area contributed by atoms with Crippen molar-refractivity contribution < 1.29 is 37.4 Å². The molecule has 0 atom stereocenters. The van der Waals surface area contributed by atoms with E-state index in [0.717, 1.165) is 12.1 Å². The molecule has 1 aliphatic heterocycles. The number of rotatable bonds is 9. The van der Waals surface area contributed by atoms with E-state index in [9.17, 15) is 32.7 Å². The van der Waals surface area contributed by atoms with Gasteiger partial charge < -0.3 is 30.7 Å². The van der Waals surface area contributed by atoms with Crippen LogP contribution in [0.3, 0.4) is 0 Å². The molecule has 1 fully saturated rings. The lowest BCUT2D eigenvalue weighted by atomic mass is 9.92. The third kappa shape index (κ3) is 7.01. The van der Waals surface area contributed by atoms with Crippen LogP contribution in [0.4, 0.5) is 35.9 Å². The molecule has 0 unspecified atom stereocenters. The number of likely N-dealkylation sites (tertiary alicyclic amines) is 1. The van der Waals surface area contributed by atoms with Crippen LogP contribution in [0.5, 0.6) is 0 Å². The summed E-state index contributed by atoms with van der Waals surface area (Å²) in [7, 11) is 0. The smallest absolute Gasteiger partial charge is 0.303 e. The molecule has 0 bridgehead atoms. The first-order chi connectivity index (χ1) is 18.9. The van der Waals surface area contributed by atoms with Crippen molar-refractivity contribution in [3.05, 3.63) is 81.2 Å². The number of benzene rings is 3. The van der Waals surface area contributed by atoms with E-state index in [1.807, 2.05) is 22.6 Å². The number of aliphatic hydroxyl groups is 1. The number of anilines is 4. The Morgan fingerprint density at radius 2 is 1.75 bits per heavy atom. The third-order valence-electron chi connectivity index (χ3n) is 5.95. The summed E-state index contributed by atoms with van der Waals surface area (Å²) in [5, 5.41) is 19.0. The zero-order valence-corrected chi connectivity index (χ0v) is 23.2. The Bertz CT molecular complexity index is 1470. The molecular weight excluding hydrogens is 644 g/mol. The number of amides is 2. The van der Waals surface area contributed by atoms with E-state index in [2.05, 4.69) is 20.7 Å². The van der Waals surface area contributed by atoms with Gasteiger partial charge in [-0.25, -0.2) is 13.2 Å². The summed E-state index contributed by atoms with van der Waals surface area (Å²) >= 11 is 1.91. The first-order valence-electron chi connectivity index (χ1n) is 11.9. The average Bonchev–Trinajstić information content (AvgIpc) is 2.88. The van der Waals surface area contributed by atoms with Crippen LogP contribution in [0.2, 0.25) is 0 Å². The van der Waals surface area contributed by atoms with E-state index in [1.165, 1.54) is 24.0 Å². The SMILES string of the molecule is CC(=O)OCC(=O)Nc1cccc(NCC2(O)CN(C(=O)c3ccc(F)c(F)c3Nc3ccc(I)cc3F)C2)c1. The second-order valence-corrected chi connectivity index (χ2v) is 10.4. The maximum atomic E-state index is 14.7. The topological polar surface area (TPSA) is 120 Å². The lowest BCUT2D eigenvalue weighted by molar-refractivity contribution is -0.144. The van der Waals surface area contributed by atoms with Gasteiger partial charge in [0.05, 0.1) is 30.0 Å². The minimum Gasteiger partial charge on any atom is -0.456 e. The molecule has 210 valence electrons. The van der Waals surface area contributed by atoms with Gasteiger partial charge in [-0.3, -0.25) is 14.4 Å². The highest BCUT2D eigenvalue weighted by molar-refractivity contribution is 14.1. The Kier molecular flexibility index (Phi) is 8.83. The summed E-state index contributed by atoms with van der Waals surface area (Å²) in [4.78, 5) is 37.1. The van der Waals surface area contributed by atoms with E-state index in [4.69, 9.17) is 0 Å². The highest BCUT2D eigenvalue weighted by atomic mass is 127. The van der Waals surface area contributed by atoms with Gasteiger partial charge in [0.25, 0.3) is 11.8 Å². The monoisotopic (exact) mass is 668 g/mol. The number of hydrogen-bond acceptors (Lipinski definition) is 7. The number of β-amino-alcohol motifs (C(OH)–C–C–N with tert-alkyl or cyclic N) is 1. The van der Waals surface area contributed by atoms with Crippen LogP contribution in [0.1, 0.15) is 17.3 Å². The maximum Gasteiger partial charge on any atom is 0.303 e. The molecule has 0 aromatic heterocycles. The van der Waals surface area contributed by atoms with Gasteiger partial charge in [-0.1, -0.05) is 6.07 Å². The quantitative estimate of drug-likeness (QED) is 0.199. The van der Waals surface area contributed by atoms with Gasteiger partial charge in [0.1, 0.15) is 11.4 Å². The van der Waals surface area contributed by atoms with Gasteiger partial charge in [0, 0.05) is 28.4 Å². The highest BCUT2D eigenvalue weighted by Crippen LogP contribution is 2.32. The Labute approximate surface area is 240 Å². The summed E-state index contributed by atoms with van der Waals surface area (Å²) in [5.41, 5.74) is -1.18. The summed E-state index contributed by atoms with van der Waals surface area (Å²) in [6, 6.07) is 12.6. The van der Waals surface area contributed by atoms with Crippen molar-refractivity contribution in [1.29, 1.82) is 0 Å². The normalized spacial score (nSPS) is 13.7. The Balaban J connectivity index is 1.38. The average molecular weight is 668 g/mol. The summed E-state index contributed by atoms with van der Waals surface area (Å²) in [6.45, 7) is 0.601. The number of carbonyl (C=O) groups excluding carboxylic acids is 3. The molecule has 3 aromatic rings. The predicted octanol–water partition coefficient (Wildman–Crippen LogP) is 4.25. The number of esters is 1. The molecule has 4 rings (SSSR count). The zero-order valence-electron chi connectivity index (χ0n) is 21.1. The zero-order chi connectivity index (χ0) is 29.0. The number of carbonyl (C=O) groups is 3. The van der Waals surface area contributed by atoms with Gasteiger partial charge >= 0.3 is 5.97 Å². The second kappa shape index (κ2) is 12.1. The fraction of sp³-hybridized carbons (Fsp3) is 0.222. The van der Waals surface area contributed by atoms with Crippen LogP contribution in [0.15, 0.2) is 54.6 Å². The molecule has 40 heavy (non-hydrogen) atoms. The molecule has 2 amide bonds. The van der Waals surface area contributed by atoms with Crippen molar-refractivity contribution in [2.24, 2.45) is 0 Å². The Hall–Kier alpha value is -3.85.